The molecule has 0 N–H and O–H groups in total. The fourth-order valence-corrected chi connectivity index (χ4v) is 13.8. The highest BCUT2D eigenvalue weighted by Gasteiger charge is 2.48. The molecule has 0 radical (unpaired) electrons. The normalized spacial score (nSPS) is 14.7. The summed E-state index contributed by atoms with van der Waals surface area (Å²) in [5, 5.41) is 1.47. The van der Waals surface area contributed by atoms with Gasteiger partial charge in [0.1, 0.15) is 5.78 Å². The zero-order chi connectivity index (χ0) is 48.6. The van der Waals surface area contributed by atoms with Crippen molar-refractivity contribution < 1.29 is 9.59 Å². The highest BCUT2D eigenvalue weighted by atomic mass is 31.1. The second-order valence-electron chi connectivity index (χ2n) is 22.1. The van der Waals surface area contributed by atoms with Crippen LogP contribution in [0.25, 0.3) is 22.3 Å². The largest absolute Gasteiger partial charge is 0.300 e. The summed E-state index contributed by atoms with van der Waals surface area (Å²) >= 11 is 0. The quantitative estimate of drug-likeness (QED) is 0.111. The maximum Gasteiger partial charge on any atom is 0.178 e. The standard InChI is InChI=1S/C30H43OP.C22H30.C9H14O/c1-19(2)22-15-25(20(3)4)28(26(16-22)21(5)6)24-13-11-12-14-27(24)32-29(7,8)17-23(31)18-30(32,9)10;1-14(2)18-12-20(15(3)4)22(21(13-18)16(5)6)19-11-9-8-10-17(19)7;1-7(2)5-9(10)6-8(3)4/h11-16,19-21H,17-18H2,1-10H3;8-16H,1-7H3;5-6H,1-4H3. The topological polar surface area (TPSA) is 34.1 Å². The predicted molar refractivity (Wildman–Crippen MR) is 286 cm³/mol. The van der Waals surface area contributed by atoms with E-state index in [0.29, 0.717) is 54.1 Å². The lowest BCUT2D eigenvalue weighted by atomic mass is 9.81. The highest BCUT2D eigenvalue weighted by molar-refractivity contribution is 7.69. The van der Waals surface area contributed by atoms with Crippen LogP contribution in [0.3, 0.4) is 0 Å². The number of ketones is 2. The van der Waals surface area contributed by atoms with Gasteiger partial charge < -0.3 is 0 Å². The number of carbonyl (C=O) groups is 2. The van der Waals surface area contributed by atoms with Gasteiger partial charge in [-0.25, -0.2) is 0 Å². The Kier molecular flexibility index (Phi) is 19.6. The van der Waals surface area contributed by atoms with Crippen molar-refractivity contribution in [2.45, 2.75) is 204 Å². The molecule has 4 aromatic rings. The first-order chi connectivity index (χ1) is 29.6. The molecule has 1 aliphatic heterocycles. The van der Waals surface area contributed by atoms with Crippen LogP contribution in [0.5, 0.6) is 0 Å². The summed E-state index contributed by atoms with van der Waals surface area (Å²) in [5.41, 5.74) is 18.0. The van der Waals surface area contributed by atoms with Gasteiger partial charge in [0.05, 0.1) is 0 Å². The van der Waals surface area contributed by atoms with Crippen molar-refractivity contribution in [2.24, 2.45) is 0 Å². The van der Waals surface area contributed by atoms with Crippen LogP contribution in [0, 0.1) is 6.92 Å². The fourth-order valence-electron chi connectivity index (χ4n) is 9.53. The van der Waals surface area contributed by atoms with E-state index in [-0.39, 0.29) is 16.1 Å². The number of rotatable bonds is 11. The second kappa shape index (κ2) is 23.0. The molecule has 3 heteroatoms. The van der Waals surface area contributed by atoms with E-state index >= 15 is 0 Å². The zero-order valence-corrected chi connectivity index (χ0v) is 45.1. The summed E-state index contributed by atoms with van der Waals surface area (Å²) in [6, 6.07) is 27.7. The lowest BCUT2D eigenvalue weighted by molar-refractivity contribution is -0.120. The lowest BCUT2D eigenvalue weighted by Gasteiger charge is -2.50. The van der Waals surface area contributed by atoms with Crippen molar-refractivity contribution in [1.29, 1.82) is 0 Å². The molecule has 2 nitrogen and oxygen atoms in total. The number of allylic oxidation sites excluding steroid dienone is 4. The molecule has 64 heavy (non-hydrogen) atoms. The van der Waals surface area contributed by atoms with Gasteiger partial charge in [0.2, 0.25) is 0 Å². The summed E-state index contributed by atoms with van der Waals surface area (Å²) in [7, 11) is -0.529. The smallest absolute Gasteiger partial charge is 0.178 e. The molecule has 1 aliphatic rings. The predicted octanol–water partition coefficient (Wildman–Crippen LogP) is 18.3. The van der Waals surface area contributed by atoms with Crippen LogP contribution in [-0.4, -0.2) is 21.9 Å². The molecule has 0 spiro atoms. The van der Waals surface area contributed by atoms with Crippen LogP contribution in [0.1, 0.15) is 226 Å². The molecule has 348 valence electrons. The van der Waals surface area contributed by atoms with Crippen LogP contribution < -0.4 is 5.30 Å². The molecule has 0 unspecified atom stereocenters. The number of benzene rings is 4. The summed E-state index contributed by atoms with van der Waals surface area (Å²) < 4.78 is 0. The van der Waals surface area contributed by atoms with E-state index in [0.717, 1.165) is 11.1 Å². The number of carbonyl (C=O) groups excluding carboxylic acids is 2. The van der Waals surface area contributed by atoms with Gasteiger partial charge in [-0.3, -0.25) is 9.59 Å². The summed E-state index contributed by atoms with van der Waals surface area (Å²) in [5.74, 6) is 3.56. The van der Waals surface area contributed by atoms with E-state index in [1.165, 1.54) is 66.5 Å². The molecule has 0 aliphatic carbocycles. The highest BCUT2D eigenvalue weighted by Crippen LogP contribution is 2.65. The molecular weight excluding hydrogens is 796 g/mol. The average Bonchev–Trinajstić information content (AvgIpc) is 3.15. The third kappa shape index (κ3) is 14.1. The van der Waals surface area contributed by atoms with Gasteiger partial charge in [-0.15, -0.1) is 0 Å². The fraction of sp³-hybridized carbons (Fsp3) is 0.508. The lowest BCUT2D eigenvalue weighted by Crippen LogP contribution is -2.43. The summed E-state index contributed by atoms with van der Waals surface area (Å²) in [4.78, 5) is 23.5. The molecule has 4 aromatic carbocycles. The zero-order valence-electron chi connectivity index (χ0n) is 44.2. The Balaban J connectivity index is 0.000000293. The van der Waals surface area contributed by atoms with Gasteiger partial charge in [0.25, 0.3) is 0 Å². The molecule has 1 heterocycles. The van der Waals surface area contributed by atoms with Crippen molar-refractivity contribution in [3.05, 3.63) is 135 Å². The third-order valence-corrected chi connectivity index (χ3v) is 16.0. The van der Waals surface area contributed by atoms with Gasteiger partial charge in [-0.1, -0.05) is 203 Å². The minimum absolute atomic E-state index is 0.00185. The van der Waals surface area contributed by atoms with E-state index in [1.807, 2.05) is 27.7 Å². The van der Waals surface area contributed by atoms with Crippen LogP contribution in [-0.2, 0) is 9.59 Å². The van der Waals surface area contributed by atoms with Crippen molar-refractivity contribution in [2.75, 3.05) is 0 Å². The molecule has 0 aromatic heterocycles. The van der Waals surface area contributed by atoms with Crippen LogP contribution in [0.15, 0.2) is 96.1 Å². The maximum absolute atomic E-state index is 12.6. The van der Waals surface area contributed by atoms with Crippen LogP contribution in [0.2, 0.25) is 0 Å². The van der Waals surface area contributed by atoms with E-state index in [9.17, 15) is 9.59 Å². The number of aryl methyl sites for hydroxylation is 1. The molecule has 1 fully saturated rings. The molecule has 0 atom stereocenters. The first-order valence-corrected chi connectivity index (χ1v) is 25.6. The molecule has 5 rings (SSSR count). The van der Waals surface area contributed by atoms with Crippen molar-refractivity contribution >= 4 is 24.8 Å². The van der Waals surface area contributed by atoms with Crippen LogP contribution in [0.4, 0.5) is 0 Å². The van der Waals surface area contributed by atoms with Crippen LogP contribution >= 0.6 is 7.92 Å². The second-order valence-corrected chi connectivity index (χ2v) is 25.7. The van der Waals surface area contributed by atoms with Gasteiger partial charge in [-0.05, 0) is 159 Å². The molecule has 0 bridgehead atoms. The van der Waals surface area contributed by atoms with Gasteiger partial charge in [0, 0.05) is 12.8 Å². The summed E-state index contributed by atoms with van der Waals surface area (Å²) in [6.07, 6.45) is 4.65. The Labute approximate surface area is 394 Å². The average molecular weight is 883 g/mol. The van der Waals surface area contributed by atoms with E-state index in [4.69, 9.17) is 0 Å². The Morgan fingerprint density at radius 2 is 0.844 bits per heavy atom. The Bertz CT molecular complexity index is 2180. The number of hydrogen-bond acceptors (Lipinski definition) is 2. The van der Waals surface area contributed by atoms with Crippen molar-refractivity contribution in [1.82, 2.24) is 0 Å². The van der Waals surface area contributed by atoms with E-state index in [2.05, 4.69) is 190 Å². The number of hydrogen-bond donors (Lipinski definition) is 0. The Morgan fingerprint density at radius 3 is 1.17 bits per heavy atom. The Morgan fingerprint density at radius 1 is 0.516 bits per heavy atom. The molecule has 1 saturated heterocycles. The van der Waals surface area contributed by atoms with Gasteiger partial charge >= 0.3 is 0 Å². The molecule has 0 amide bonds. The first-order valence-electron chi connectivity index (χ1n) is 24.3. The number of Topliss-reactive ketones (excluding diaryl/α,β-unsaturated/α-hetero) is 1. The first kappa shape index (κ1) is 54.5. The van der Waals surface area contributed by atoms with E-state index < -0.39 is 7.92 Å². The van der Waals surface area contributed by atoms with Crippen molar-refractivity contribution in [3.8, 4) is 22.3 Å². The molecule has 0 saturated carbocycles. The monoisotopic (exact) mass is 883 g/mol. The van der Waals surface area contributed by atoms with E-state index in [1.54, 1.807) is 12.2 Å². The minimum atomic E-state index is -0.529. The van der Waals surface area contributed by atoms with Gasteiger partial charge in [-0.2, -0.15) is 0 Å². The summed E-state index contributed by atoms with van der Waals surface area (Å²) in [6.45, 7) is 46.9. The Hall–Kier alpha value is -3.87. The molecular formula is C61H87O2P. The third-order valence-electron chi connectivity index (χ3n) is 12.4. The van der Waals surface area contributed by atoms with Crippen molar-refractivity contribution in [3.63, 3.8) is 0 Å². The minimum Gasteiger partial charge on any atom is -0.300 e. The maximum atomic E-state index is 12.6. The van der Waals surface area contributed by atoms with Gasteiger partial charge in [0.15, 0.2) is 5.78 Å². The SMILES string of the molecule is CC(C)=CC(=O)C=C(C)C.CC(C)c1cc(C(C)C)c(-c2ccccc2P2C(C)(C)CC(=O)CC2(C)C)c(C(C)C)c1.Cc1ccccc1-c1c(C(C)C)cc(C(C)C)cc1C(C)C.